The number of aryl methyl sites for hydroxylation is 1. The molecule has 2 rings (SSSR count). The zero-order valence-electron chi connectivity index (χ0n) is 9.98. The van der Waals surface area contributed by atoms with Crippen LogP contribution in [0.1, 0.15) is 16.7 Å². The standard InChI is InChI=1S/C15H12ClNO/c1-11-3-2-4-12(7-11)10-18-15-8-14(16)6-5-13(15)9-17/h2-8H,10H2,1H3. The molecule has 0 spiro atoms. The third-order valence-corrected chi connectivity index (χ3v) is 2.78. The van der Waals surface area contributed by atoms with Crippen molar-refractivity contribution >= 4 is 11.6 Å². The molecule has 0 radical (unpaired) electrons. The van der Waals surface area contributed by atoms with Gasteiger partial charge in [-0.25, -0.2) is 0 Å². The first-order chi connectivity index (χ1) is 8.69. The van der Waals surface area contributed by atoms with E-state index in [0.29, 0.717) is 22.9 Å². The summed E-state index contributed by atoms with van der Waals surface area (Å²) in [6.45, 7) is 2.46. The second-order valence-corrected chi connectivity index (χ2v) is 4.47. The first-order valence-corrected chi connectivity index (χ1v) is 5.95. The van der Waals surface area contributed by atoms with E-state index in [9.17, 15) is 0 Å². The van der Waals surface area contributed by atoms with Gasteiger partial charge in [-0.1, -0.05) is 41.4 Å². The molecule has 0 N–H and O–H groups in total. The van der Waals surface area contributed by atoms with Crippen molar-refractivity contribution in [1.29, 1.82) is 5.26 Å². The molecular weight excluding hydrogens is 246 g/mol. The Morgan fingerprint density at radius 2 is 2.06 bits per heavy atom. The lowest BCUT2D eigenvalue weighted by atomic mass is 10.1. The highest BCUT2D eigenvalue weighted by Gasteiger charge is 2.04. The van der Waals surface area contributed by atoms with E-state index in [-0.39, 0.29) is 0 Å². The summed E-state index contributed by atoms with van der Waals surface area (Å²) in [5.41, 5.74) is 2.74. The van der Waals surface area contributed by atoms with Gasteiger partial charge in [-0.15, -0.1) is 0 Å². The molecule has 0 unspecified atom stereocenters. The molecule has 3 heteroatoms. The number of benzene rings is 2. The summed E-state index contributed by atoms with van der Waals surface area (Å²) in [5.74, 6) is 0.520. The minimum absolute atomic E-state index is 0.427. The molecule has 2 aromatic rings. The first-order valence-electron chi connectivity index (χ1n) is 5.57. The molecule has 0 atom stereocenters. The predicted octanol–water partition coefficient (Wildman–Crippen LogP) is 4.10. The molecule has 0 aliphatic rings. The van der Waals surface area contributed by atoms with Gasteiger partial charge < -0.3 is 4.74 Å². The molecule has 0 saturated heterocycles. The average Bonchev–Trinajstić information content (AvgIpc) is 2.37. The first kappa shape index (κ1) is 12.5. The van der Waals surface area contributed by atoms with Crippen LogP contribution in [-0.2, 0) is 6.61 Å². The van der Waals surface area contributed by atoms with E-state index >= 15 is 0 Å². The molecular formula is C15H12ClNO. The number of rotatable bonds is 3. The zero-order chi connectivity index (χ0) is 13.0. The molecule has 2 aromatic carbocycles. The molecule has 0 saturated carbocycles. The molecule has 18 heavy (non-hydrogen) atoms. The molecule has 0 aromatic heterocycles. The Labute approximate surface area is 111 Å². The highest BCUT2D eigenvalue weighted by Crippen LogP contribution is 2.23. The summed E-state index contributed by atoms with van der Waals surface area (Å²) in [5, 5.41) is 9.54. The van der Waals surface area contributed by atoms with Crippen LogP contribution >= 0.6 is 11.6 Å². The van der Waals surface area contributed by atoms with E-state index in [0.717, 1.165) is 5.56 Å². The van der Waals surface area contributed by atoms with Crippen molar-refractivity contribution in [2.75, 3.05) is 0 Å². The molecule has 90 valence electrons. The van der Waals surface area contributed by atoms with E-state index in [4.69, 9.17) is 21.6 Å². The Morgan fingerprint density at radius 3 is 2.78 bits per heavy atom. The summed E-state index contributed by atoms with van der Waals surface area (Å²) in [6, 6.07) is 15.1. The van der Waals surface area contributed by atoms with Gasteiger partial charge in [0, 0.05) is 11.1 Å². The number of halogens is 1. The van der Waals surface area contributed by atoms with Gasteiger partial charge in [0.15, 0.2) is 0 Å². The maximum absolute atomic E-state index is 8.98. The summed E-state index contributed by atoms with van der Waals surface area (Å²) >= 11 is 5.89. The Morgan fingerprint density at radius 1 is 1.22 bits per heavy atom. The number of nitrogens with zero attached hydrogens (tertiary/aromatic N) is 1. The van der Waals surface area contributed by atoms with E-state index < -0.39 is 0 Å². The van der Waals surface area contributed by atoms with Crippen molar-refractivity contribution in [3.63, 3.8) is 0 Å². The van der Waals surface area contributed by atoms with Gasteiger partial charge in [-0.2, -0.15) is 5.26 Å². The van der Waals surface area contributed by atoms with Crippen LogP contribution < -0.4 is 4.74 Å². The summed E-state index contributed by atoms with van der Waals surface area (Å²) in [6.07, 6.45) is 0. The molecule has 2 nitrogen and oxygen atoms in total. The minimum Gasteiger partial charge on any atom is -0.487 e. The summed E-state index contributed by atoms with van der Waals surface area (Å²) < 4.78 is 5.64. The quantitative estimate of drug-likeness (QED) is 0.829. The third-order valence-electron chi connectivity index (χ3n) is 2.54. The Balaban J connectivity index is 2.15. The van der Waals surface area contributed by atoms with Crippen molar-refractivity contribution < 1.29 is 4.74 Å². The predicted molar refractivity (Wildman–Crippen MR) is 71.7 cm³/mol. The maximum Gasteiger partial charge on any atom is 0.139 e. The van der Waals surface area contributed by atoms with Crippen LogP contribution in [0.5, 0.6) is 5.75 Å². The van der Waals surface area contributed by atoms with Gasteiger partial charge in [0.1, 0.15) is 18.4 Å². The van der Waals surface area contributed by atoms with Gasteiger partial charge in [-0.3, -0.25) is 0 Å². The minimum atomic E-state index is 0.427. The fraction of sp³-hybridized carbons (Fsp3) is 0.133. The number of hydrogen-bond donors (Lipinski definition) is 0. The van der Waals surface area contributed by atoms with Crippen LogP contribution in [0.3, 0.4) is 0 Å². The van der Waals surface area contributed by atoms with Gasteiger partial charge >= 0.3 is 0 Å². The number of nitriles is 1. The number of ether oxygens (including phenoxy) is 1. The lowest BCUT2D eigenvalue weighted by molar-refractivity contribution is 0.305. The van der Waals surface area contributed by atoms with E-state index in [1.807, 2.05) is 25.1 Å². The van der Waals surface area contributed by atoms with E-state index in [2.05, 4.69) is 12.1 Å². The largest absolute Gasteiger partial charge is 0.487 e. The smallest absolute Gasteiger partial charge is 0.139 e. The van der Waals surface area contributed by atoms with Crippen molar-refractivity contribution in [2.24, 2.45) is 0 Å². The Kier molecular flexibility index (Phi) is 3.86. The monoisotopic (exact) mass is 257 g/mol. The average molecular weight is 258 g/mol. The lowest BCUT2D eigenvalue weighted by Gasteiger charge is -2.08. The summed E-state index contributed by atoms with van der Waals surface area (Å²) in [7, 11) is 0. The Bertz CT molecular complexity index is 602. The van der Waals surface area contributed by atoms with Gasteiger partial charge in [0.05, 0.1) is 5.56 Å². The molecule has 0 aliphatic carbocycles. The maximum atomic E-state index is 8.98. The van der Waals surface area contributed by atoms with Crippen LogP contribution in [0.15, 0.2) is 42.5 Å². The molecule has 0 bridgehead atoms. The second-order valence-electron chi connectivity index (χ2n) is 4.03. The molecule has 0 aliphatic heterocycles. The third kappa shape index (κ3) is 3.03. The second kappa shape index (κ2) is 5.57. The Hall–Kier alpha value is -1.98. The van der Waals surface area contributed by atoms with Gasteiger partial charge in [0.25, 0.3) is 0 Å². The van der Waals surface area contributed by atoms with E-state index in [1.165, 1.54) is 5.56 Å². The van der Waals surface area contributed by atoms with Crippen LogP contribution in [0.2, 0.25) is 5.02 Å². The van der Waals surface area contributed by atoms with Crippen LogP contribution in [0.25, 0.3) is 0 Å². The van der Waals surface area contributed by atoms with Gasteiger partial charge in [0.2, 0.25) is 0 Å². The number of hydrogen-bond acceptors (Lipinski definition) is 2. The highest BCUT2D eigenvalue weighted by atomic mass is 35.5. The lowest BCUT2D eigenvalue weighted by Crippen LogP contribution is -1.97. The normalized spacial score (nSPS) is 9.83. The van der Waals surface area contributed by atoms with Crippen molar-refractivity contribution in [2.45, 2.75) is 13.5 Å². The molecule has 0 fully saturated rings. The fourth-order valence-electron chi connectivity index (χ4n) is 1.67. The summed E-state index contributed by atoms with van der Waals surface area (Å²) in [4.78, 5) is 0. The van der Waals surface area contributed by atoms with Crippen molar-refractivity contribution in [3.8, 4) is 11.8 Å². The fourth-order valence-corrected chi connectivity index (χ4v) is 1.83. The van der Waals surface area contributed by atoms with E-state index in [1.54, 1.807) is 18.2 Å². The van der Waals surface area contributed by atoms with Crippen LogP contribution in [-0.4, -0.2) is 0 Å². The molecule has 0 heterocycles. The van der Waals surface area contributed by atoms with Crippen molar-refractivity contribution in [1.82, 2.24) is 0 Å². The SMILES string of the molecule is Cc1cccc(COc2cc(Cl)ccc2C#N)c1. The van der Waals surface area contributed by atoms with Gasteiger partial charge in [-0.05, 0) is 24.6 Å². The topological polar surface area (TPSA) is 33.0 Å². The zero-order valence-corrected chi connectivity index (χ0v) is 10.7. The molecule has 0 amide bonds. The van der Waals surface area contributed by atoms with Crippen molar-refractivity contribution in [3.05, 3.63) is 64.2 Å². The van der Waals surface area contributed by atoms with Crippen LogP contribution in [0, 0.1) is 18.3 Å². The van der Waals surface area contributed by atoms with Crippen LogP contribution in [0.4, 0.5) is 0 Å². The highest BCUT2D eigenvalue weighted by molar-refractivity contribution is 6.30.